The third-order valence-electron chi connectivity index (χ3n) is 5.19. The number of hydrogen-bond acceptors (Lipinski definition) is 3. The fraction of sp³-hybridized carbons (Fsp3) is 0.440. The molecule has 2 aromatic rings. The van der Waals surface area contributed by atoms with Gasteiger partial charge in [-0.2, -0.15) is 0 Å². The highest BCUT2D eigenvalue weighted by Crippen LogP contribution is 2.21. The first kappa shape index (κ1) is 24.9. The quantitative estimate of drug-likeness (QED) is 0.432. The summed E-state index contributed by atoms with van der Waals surface area (Å²) in [5.74, 6) is 0.350. The summed E-state index contributed by atoms with van der Waals surface area (Å²) in [7, 11) is 0. The molecule has 168 valence electrons. The third kappa shape index (κ3) is 8.02. The van der Waals surface area contributed by atoms with E-state index in [1.807, 2.05) is 62.4 Å². The van der Waals surface area contributed by atoms with Crippen molar-refractivity contribution in [2.75, 3.05) is 19.7 Å². The molecular formula is C25H33BrN2O3. The molecule has 2 aromatic carbocycles. The maximum Gasteiger partial charge on any atom is 0.261 e. The molecule has 0 saturated carbocycles. The molecule has 2 amide bonds. The Kier molecular flexibility index (Phi) is 10.6. The molecule has 5 nitrogen and oxygen atoms in total. The van der Waals surface area contributed by atoms with Gasteiger partial charge < -0.3 is 15.0 Å². The maximum absolute atomic E-state index is 13.1. The second-order valence-electron chi connectivity index (χ2n) is 7.59. The summed E-state index contributed by atoms with van der Waals surface area (Å²) in [5.41, 5.74) is 2.17. The van der Waals surface area contributed by atoms with E-state index < -0.39 is 6.04 Å². The number of amides is 2. The number of carbonyl (C=O) groups excluding carboxylic acids is 2. The number of nitrogens with zero attached hydrogens (tertiary/aromatic N) is 1. The summed E-state index contributed by atoms with van der Waals surface area (Å²) in [4.78, 5) is 27.6. The Morgan fingerprint density at radius 3 is 2.52 bits per heavy atom. The van der Waals surface area contributed by atoms with Crippen molar-refractivity contribution < 1.29 is 14.3 Å². The first-order chi connectivity index (χ1) is 15.0. The van der Waals surface area contributed by atoms with Crippen molar-refractivity contribution in [1.29, 1.82) is 0 Å². The van der Waals surface area contributed by atoms with Crippen LogP contribution in [0.5, 0.6) is 5.75 Å². The number of ether oxygens (including phenoxy) is 1. The van der Waals surface area contributed by atoms with Crippen LogP contribution in [0.1, 0.15) is 44.2 Å². The van der Waals surface area contributed by atoms with Gasteiger partial charge in [0.15, 0.2) is 6.61 Å². The van der Waals surface area contributed by atoms with Crippen LogP contribution in [0.15, 0.2) is 53.0 Å². The third-order valence-corrected chi connectivity index (χ3v) is 6.08. The maximum atomic E-state index is 13.1. The summed E-state index contributed by atoms with van der Waals surface area (Å²) < 4.78 is 6.76. The van der Waals surface area contributed by atoms with Gasteiger partial charge in [0.1, 0.15) is 11.8 Å². The van der Waals surface area contributed by atoms with E-state index in [0.29, 0.717) is 31.7 Å². The van der Waals surface area contributed by atoms with Gasteiger partial charge in [0.2, 0.25) is 5.91 Å². The molecule has 0 radical (unpaired) electrons. The number of rotatable bonds is 12. The highest BCUT2D eigenvalue weighted by molar-refractivity contribution is 9.10. The minimum Gasteiger partial charge on any atom is -0.484 e. The zero-order valence-electron chi connectivity index (χ0n) is 18.7. The number of carbonyl (C=O) groups is 2. The summed E-state index contributed by atoms with van der Waals surface area (Å²) in [6, 6.07) is 15.1. The molecule has 2 rings (SSSR count). The molecular weight excluding hydrogens is 456 g/mol. The fourth-order valence-corrected chi connectivity index (χ4v) is 3.58. The Labute approximate surface area is 194 Å². The van der Waals surface area contributed by atoms with Gasteiger partial charge in [-0.25, -0.2) is 0 Å². The Balaban J connectivity index is 2.10. The number of aryl methyl sites for hydroxylation is 1. The van der Waals surface area contributed by atoms with Crippen LogP contribution < -0.4 is 10.1 Å². The molecule has 0 aliphatic carbocycles. The average molecular weight is 489 g/mol. The minimum absolute atomic E-state index is 0.100. The SMILES string of the molecule is CCCCNC(=O)[C@H](CC)N(CCc1ccccc1)C(=O)COc1ccc(Br)c(C)c1. The van der Waals surface area contributed by atoms with E-state index in [2.05, 4.69) is 28.2 Å². The molecule has 0 bridgehead atoms. The molecule has 0 spiro atoms. The highest BCUT2D eigenvalue weighted by Gasteiger charge is 2.28. The van der Waals surface area contributed by atoms with Crippen molar-refractivity contribution in [3.05, 3.63) is 64.1 Å². The van der Waals surface area contributed by atoms with Gasteiger partial charge >= 0.3 is 0 Å². The lowest BCUT2D eigenvalue weighted by molar-refractivity contribution is -0.142. The first-order valence-electron chi connectivity index (χ1n) is 11.0. The molecule has 0 aliphatic rings. The molecule has 0 heterocycles. The molecule has 0 unspecified atom stereocenters. The lowest BCUT2D eigenvalue weighted by Gasteiger charge is -2.30. The van der Waals surface area contributed by atoms with Crippen LogP contribution in [0.2, 0.25) is 0 Å². The van der Waals surface area contributed by atoms with Crippen LogP contribution in [0.4, 0.5) is 0 Å². The van der Waals surface area contributed by atoms with E-state index in [9.17, 15) is 9.59 Å². The van der Waals surface area contributed by atoms with E-state index in [0.717, 1.165) is 28.4 Å². The summed E-state index contributed by atoms with van der Waals surface area (Å²) in [6.07, 6.45) is 3.17. The monoisotopic (exact) mass is 488 g/mol. The number of hydrogen-bond donors (Lipinski definition) is 1. The Bertz CT molecular complexity index is 842. The molecule has 1 N–H and O–H groups in total. The van der Waals surface area contributed by atoms with Crippen molar-refractivity contribution >= 4 is 27.7 Å². The Morgan fingerprint density at radius 1 is 1.13 bits per heavy atom. The molecule has 0 fully saturated rings. The molecule has 0 aromatic heterocycles. The lowest BCUT2D eigenvalue weighted by Crippen LogP contribution is -2.51. The normalized spacial score (nSPS) is 11.6. The smallest absolute Gasteiger partial charge is 0.261 e. The van der Waals surface area contributed by atoms with Crippen LogP contribution in [0.25, 0.3) is 0 Å². The molecule has 1 atom stereocenters. The Morgan fingerprint density at radius 2 is 1.87 bits per heavy atom. The van der Waals surface area contributed by atoms with Crippen LogP contribution in [0, 0.1) is 6.92 Å². The molecule has 6 heteroatoms. The van der Waals surface area contributed by atoms with Crippen LogP contribution in [-0.4, -0.2) is 42.5 Å². The predicted molar refractivity (Wildman–Crippen MR) is 128 cm³/mol. The second-order valence-corrected chi connectivity index (χ2v) is 8.45. The predicted octanol–water partition coefficient (Wildman–Crippen LogP) is 4.90. The molecule has 0 saturated heterocycles. The standard InChI is InChI=1S/C25H33BrN2O3/c1-4-6-15-27-25(30)23(5-2)28(16-14-20-10-8-7-9-11-20)24(29)18-31-21-12-13-22(26)19(3)17-21/h7-13,17,23H,4-6,14-16,18H2,1-3H3,(H,27,30)/t23-/m0/s1. The van der Waals surface area contributed by atoms with E-state index in [1.165, 1.54) is 0 Å². The molecule has 31 heavy (non-hydrogen) atoms. The highest BCUT2D eigenvalue weighted by atomic mass is 79.9. The van der Waals surface area contributed by atoms with Crippen molar-refractivity contribution in [2.45, 2.75) is 52.5 Å². The largest absolute Gasteiger partial charge is 0.484 e. The number of unbranched alkanes of at least 4 members (excludes halogenated alkanes) is 1. The van der Waals surface area contributed by atoms with Crippen molar-refractivity contribution in [3.63, 3.8) is 0 Å². The average Bonchev–Trinajstić information content (AvgIpc) is 2.78. The van der Waals surface area contributed by atoms with Crippen molar-refractivity contribution in [3.8, 4) is 5.75 Å². The van der Waals surface area contributed by atoms with E-state index in [1.54, 1.807) is 4.90 Å². The number of benzene rings is 2. The Hall–Kier alpha value is -2.34. The first-order valence-corrected chi connectivity index (χ1v) is 11.8. The van der Waals surface area contributed by atoms with Crippen molar-refractivity contribution in [1.82, 2.24) is 10.2 Å². The van der Waals surface area contributed by atoms with E-state index in [4.69, 9.17) is 4.74 Å². The zero-order valence-corrected chi connectivity index (χ0v) is 20.3. The van der Waals surface area contributed by atoms with Crippen LogP contribution in [0.3, 0.4) is 0 Å². The second kappa shape index (κ2) is 13.2. The summed E-state index contributed by atoms with van der Waals surface area (Å²) >= 11 is 3.47. The van der Waals surface area contributed by atoms with Crippen LogP contribution in [-0.2, 0) is 16.0 Å². The topological polar surface area (TPSA) is 58.6 Å². The lowest BCUT2D eigenvalue weighted by atomic mass is 10.1. The van der Waals surface area contributed by atoms with Crippen molar-refractivity contribution in [2.24, 2.45) is 0 Å². The minimum atomic E-state index is -0.511. The van der Waals surface area contributed by atoms with E-state index >= 15 is 0 Å². The number of nitrogens with one attached hydrogen (secondary N) is 1. The van der Waals surface area contributed by atoms with Gasteiger partial charge in [-0.3, -0.25) is 9.59 Å². The van der Waals surface area contributed by atoms with Gasteiger partial charge in [-0.1, -0.05) is 66.5 Å². The number of halogens is 1. The summed E-state index contributed by atoms with van der Waals surface area (Å²) in [5, 5.41) is 2.98. The van der Waals surface area contributed by atoms with E-state index in [-0.39, 0.29) is 18.4 Å². The zero-order chi connectivity index (χ0) is 22.6. The van der Waals surface area contributed by atoms with Gasteiger partial charge in [-0.05, 0) is 55.5 Å². The van der Waals surface area contributed by atoms with Gasteiger partial charge in [0.25, 0.3) is 5.91 Å². The summed E-state index contributed by atoms with van der Waals surface area (Å²) in [6.45, 7) is 6.98. The van der Waals surface area contributed by atoms with Gasteiger partial charge in [0, 0.05) is 17.6 Å². The van der Waals surface area contributed by atoms with Gasteiger partial charge in [0.05, 0.1) is 0 Å². The molecule has 0 aliphatic heterocycles. The van der Waals surface area contributed by atoms with Gasteiger partial charge in [-0.15, -0.1) is 0 Å². The van der Waals surface area contributed by atoms with Crippen LogP contribution >= 0.6 is 15.9 Å². The fourth-order valence-electron chi connectivity index (χ4n) is 3.34.